The number of nitrogens with zero attached hydrogens (tertiary/aromatic N) is 3. The normalized spacial score (nSPS) is 10.1. The molecular formula is C11H11ClN4. The maximum absolute atomic E-state index is 5.75. The number of hydrogen-bond acceptors (Lipinski definition) is 4. The third-order valence-corrected chi connectivity index (χ3v) is 2.21. The number of halogens is 1. The second-order valence-corrected chi connectivity index (χ2v) is 3.71. The first-order chi connectivity index (χ1) is 7.74. The maximum Gasteiger partial charge on any atom is 0.224 e. The Hall–Kier alpha value is -1.68. The van der Waals surface area contributed by atoms with E-state index >= 15 is 0 Å². The van der Waals surface area contributed by atoms with Crippen molar-refractivity contribution < 1.29 is 0 Å². The summed E-state index contributed by atoms with van der Waals surface area (Å²) in [6.07, 6.45) is 1.61. The van der Waals surface area contributed by atoms with Crippen LogP contribution in [0.3, 0.4) is 0 Å². The molecule has 0 spiro atoms. The van der Waals surface area contributed by atoms with Crippen molar-refractivity contribution in [3.63, 3.8) is 0 Å². The van der Waals surface area contributed by atoms with E-state index in [2.05, 4.69) is 20.3 Å². The van der Waals surface area contributed by atoms with Crippen LogP contribution >= 0.6 is 11.6 Å². The fourth-order valence-electron chi connectivity index (χ4n) is 1.29. The van der Waals surface area contributed by atoms with Gasteiger partial charge >= 0.3 is 0 Å². The number of nitrogens with one attached hydrogen (secondary N) is 1. The number of pyridine rings is 1. The van der Waals surface area contributed by atoms with Crippen LogP contribution in [0.15, 0.2) is 30.5 Å². The molecule has 0 fully saturated rings. The predicted molar refractivity (Wildman–Crippen MR) is 63.3 cm³/mol. The van der Waals surface area contributed by atoms with Gasteiger partial charge in [-0.3, -0.25) is 4.98 Å². The topological polar surface area (TPSA) is 50.7 Å². The van der Waals surface area contributed by atoms with Gasteiger partial charge < -0.3 is 5.32 Å². The lowest BCUT2D eigenvalue weighted by Gasteiger charge is -2.04. The number of aromatic nitrogens is 3. The second-order valence-electron chi connectivity index (χ2n) is 3.33. The predicted octanol–water partition coefficient (Wildman–Crippen LogP) is 2.45. The Kier molecular flexibility index (Phi) is 3.31. The van der Waals surface area contributed by atoms with Gasteiger partial charge in [0.15, 0.2) is 0 Å². The SMILES string of the molecule is Cc1cccc(CNc2nccc(Cl)n2)n1. The lowest BCUT2D eigenvalue weighted by molar-refractivity contribution is 0.983. The second kappa shape index (κ2) is 4.90. The van der Waals surface area contributed by atoms with E-state index in [1.807, 2.05) is 25.1 Å². The van der Waals surface area contributed by atoms with Crippen LogP contribution in [0.1, 0.15) is 11.4 Å². The molecule has 0 unspecified atom stereocenters. The highest BCUT2D eigenvalue weighted by atomic mass is 35.5. The van der Waals surface area contributed by atoms with E-state index in [1.54, 1.807) is 12.3 Å². The molecule has 0 amide bonds. The van der Waals surface area contributed by atoms with Gasteiger partial charge in [0, 0.05) is 11.9 Å². The van der Waals surface area contributed by atoms with Gasteiger partial charge in [-0.1, -0.05) is 17.7 Å². The van der Waals surface area contributed by atoms with Gasteiger partial charge in [0.05, 0.1) is 12.2 Å². The Balaban J connectivity index is 2.02. The van der Waals surface area contributed by atoms with Crippen molar-refractivity contribution >= 4 is 17.5 Å². The van der Waals surface area contributed by atoms with Gasteiger partial charge in [-0.15, -0.1) is 0 Å². The average Bonchev–Trinajstić information content (AvgIpc) is 2.27. The van der Waals surface area contributed by atoms with Crippen molar-refractivity contribution in [2.24, 2.45) is 0 Å². The molecule has 2 rings (SSSR count). The van der Waals surface area contributed by atoms with Crippen LogP contribution in [0, 0.1) is 6.92 Å². The fraction of sp³-hybridized carbons (Fsp3) is 0.182. The maximum atomic E-state index is 5.75. The molecule has 2 aromatic rings. The Morgan fingerprint density at radius 3 is 2.88 bits per heavy atom. The van der Waals surface area contributed by atoms with Gasteiger partial charge in [0.1, 0.15) is 5.15 Å². The van der Waals surface area contributed by atoms with Gasteiger partial charge in [-0.05, 0) is 25.1 Å². The monoisotopic (exact) mass is 234 g/mol. The van der Waals surface area contributed by atoms with E-state index in [-0.39, 0.29) is 0 Å². The lowest BCUT2D eigenvalue weighted by atomic mass is 10.3. The van der Waals surface area contributed by atoms with Crippen LogP contribution < -0.4 is 5.32 Å². The van der Waals surface area contributed by atoms with Crippen LogP contribution in [-0.4, -0.2) is 15.0 Å². The molecule has 1 N–H and O–H groups in total. The molecule has 0 atom stereocenters. The third kappa shape index (κ3) is 2.90. The first-order valence-electron chi connectivity index (χ1n) is 4.89. The van der Waals surface area contributed by atoms with Crippen LogP contribution in [-0.2, 0) is 6.54 Å². The largest absolute Gasteiger partial charge is 0.349 e. The number of aryl methyl sites for hydroxylation is 1. The summed E-state index contributed by atoms with van der Waals surface area (Å²) in [4.78, 5) is 12.4. The van der Waals surface area contributed by atoms with Crippen molar-refractivity contribution in [3.05, 3.63) is 47.0 Å². The molecule has 0 aromatic carbocycles. The highest BCUT2D eigenvalue weighted by molar-refractivity contribution is 6.29. The van der Waals surface area contributed by atoms with E-state index < -0.39 is 0 Å². The summed E-state index contributed by atoms with van der Waals surface area (Å²) in [5.74, 6) is 0.510. The zero-order valence-corrected chi connectivity index (χ0v) is 9.57. The van der Waals surface area contributed by atoms with E-state index in [0.717, 1.165) is 11.4 Å². The Bertz CT molecular complexity index is 441. The number of anilines is 1. The molecule has 5 heteroatoms. The van der Waals surface area contributed by atoms with Crippen LogP contribution in [0.25, 0.3) is 0 Å². The molecule has 0 saturated heterocycles. The Labute approximate surface area is 98.7 Å². The van der Waals surface area contributed by atoms with E-state index in [0.29, 0.717) is 17.6 Å². The Morgan fingerprint density at radius 1 is 1.25 bits per heavy atom. The first-order valence-corrected chi connectivity index (χ1v) is 5.27. The molecule has 0 bridgehead atoms. The molecule has 2 aromatic heterocycles. The molecule has 2 heterocycles. The smallest absolute Gasteiger partial charge is 0.224 e. The minimum atomic E-state index is 0.426. The number of rotatable bonds is 3. The van der Waals surface area contributed by atoms with Crippen LogP contribution in [0.5, 0.6) is 0 Å². The first kappa shape index (κ1) is 10.8. The minimum absolute atomic E-state index is 0.426. The highest BCUT2D eigenvalue weighted by Crippen LogP contribution is 2.07. The zero-order chi connectivity index (χ0) is 11.4. The standard InChI is InChI=1S/C11H11ClN4/c1-8-3-2-4-9(15-8)7-14-11-13-6-5-10(12)16-11/h2-6H,7H2,1H3,(H,13,14,16). The van der Waals surface area contributed by atoms with Crippen LogP contribution in [0.2, 0.25) is 5.15 Å². The summed E-state index contributed by atoms with van der Waals surface area (Å²) in [5, 5.41) is 3.49. The van der Waals surface area contributed by atoms with Crippen molar-refractivity contribution in [3.8, 4) is 0 Å². The van der Waals surface area contributed by atoms with E-state index in [9.17, 15) is 0 Å². The summed E-state index contributed by atoms with van der Waals surface area (Å²) >= 11 is 5.75. The zero-order valence-electron chi connectivity index (χ0n) is 8.81. The van der Waals surface area contributed by atoms with E-state index in [1.165, 1.54) is 0 Å². The summed E-state index contributed by atoms with van der Waals surface area (Å²) in [7, 11) is 0. The van der Waals surface area contributed by atoms with Crippen LogP contribution in [0.4, 0.5) is 5.95 Å². The van der Waals surface area contributed by atoms with Gasteiger partial charge in [-0.25, -0.2) is 9.97 Å². The molecule has 0 radical (unpaired) electrons. The molecule has 0 saturated carbocycles. The summed E-state index contributed by atoms with van der Waals surface area (Å²) in [6, 6.07) is 7.51. The quantitative estimate of drug-likeness (QED) is 0.829. The highest BCUT2D eigenvalue weighted by Gasteiger charge is 1.98. The summed E-state index contributed by atoms with van der Waals surface area (Å²) < 4.78 is 0. The average molecular weight is 235 g/mol. The molecule has 0 aliphatic heterocycles. The van der Waals surface area contributed by atoms with Gasteiger partial charge in [-0.2, -0.15) is 0 Å². The molecule has 16 heavy (non-hydrogen) atoms. The fourth-order valence-corrected chi connectivity index (χ4v) is 1.43. The molecule has 0 aliphatic carbocycles. The third-order valence-electron chi connectivity index (χ3n) is 2.00. The van der Waals surface area contributed by atoms with Gasteiger partial charge in [0.25, 0.3) is 0 Å². The molecule has 4 nitrogen and oxygen atoms in total. The van der Waals surface area contributed by atoms with E-state index in [4.69, 9.17) is 11.6 Å². The lowest BCUT2D eigenvalue weighted by Crippen LogP contribution is -2.05. The summed E-state index contributed by atoms with van der Waals surface area (Å²) in [5.41, 5.74) is 1.94. The molecule has 82 valence electrons. The summed E-state index contributed by atoms with van der Waals surface area (Å²) in [6.45, 7) is 2.54. The van der Waals surface area contributed by atoms with Crippen molar-refractivity contribution in [1.29, 1.82) is 0 Å². The van der Waals surface area contributed by atoms with Crippen molar-refractivity contribution in [2.45, 2.75) is 13.5 Å². The van der Waals surface area contributed by atoms with Crippen molar-refractivity contribution in [1.82, 2.24) is 15.0 Å². The molecular weight excluding hydrogens is 224 g/mol. The van der Waals surface area contributed by atoms with Gasteiger partial charge in [0.2, 0.25) is 5.95 Å². The minimum Gasteiger partial charge on any atom is -0.349 e. The Morgan fingerprint density at radius 2 is 2.12 bits per heavy atom. The van der Waals surface area contributed by atoms with Crippen molar-refractivity contribution in [2.75, 3.05) is 5.32 Å². The molecule has 0 aliphatic rings. The number of hydrogen-bond donors (Lipinski definition) is 1.